The Bertz CT molecular complexity index is 1050. The number of benzene rings is 2. The number of halogens is 1. The van der Waals surface area contributed by atoms with Gasteiger partial charge in [0.1, 0.15) is 5.82 Å². The van der Waals surface area contributed by atoms with Gasteiger partial charge in [0.2, 0.25) is 5.91 Å². The molecule has 2 amide bonds. The van der Waals surface area contributed by atoms with Crippen molar-refractivity contribution in [2.75, 3.05) is 38.0 Å². The minimum atomic E-state index is -0.509. The largest absolute Gasteiger partial charge is 0.336 e. The number of amides is 2. The minimum Gasteiger partial charge on any atom is -0.336 e. The summed E-state index contributed by atoms with van der Waals surface area (Å²) in [7, 11) is 0. The molecule has 1 saturated heterocycles. The number of piperazine rings is 1. The van der Waals surface area contributed by atoms with E-state index in [1.165, 1.54) is 12.1 Å². The fraction of sp³-hybridized carbons (Fsp3) is 0.227. The van der Waals surface area contributed by atoms with Crippen molar-refractivity contribution in [3.05, 3.63) is 72.2 Å². The molecule has 0 atom stereocenters. The molecule has 1 fully saturated rings. The van der Waals surface area contributed by atoms with Crippen LogP contribution in [0, 0.1) is 5.82 Å². The summed E-state index contributed by atoms with van der Waals surface area (Å²) in [6.07, 6.45) is 1.73. The summed E-state index contributed by atoms with van der Waals surface area (Å²) in [5, 5.41) is 3.87. The van der Waals surface area contributed by atoms with Crippen LogP contribution < -0.4 is 5.32 Å². The molecule has 0 unspecified atom stereocenters. The summed E-state index contributed by atoms with van der Waals surface area (Å²) in [5.74, 6) is -0.927. The van der Waals surface area contributed by atoms with Crippen molar-refractivity contribution in [1.29, 1.82) is 0 Å². The Hall–Kier alpha value is -3.32. The number of nitrogens with zero attached hydrogens (tertiary/aromatic N) is 3. The first-order chi connectivity index (χ1) is 14.1. The van der Waals surface area contributed by atoms with E-state index in [1.54, 1.807) is 23.2 Å². The third-order valence-electron chi connectivity index (χ3n) is 5.02. The molecule has 7 heteroatoms. The third kappa shape index (κ3) is 4.41. The van der Waals surface area contributed by atoms with Crippen LogP contribution in [0.25, 0.3) is 10.9 Å². The number of rotatable bonds is 4. The Kier molecular flexibility index (Phi) is 5.48. The Labute approximate surface area is 167 Å². The number of hydrogen-bond acceptors (Lipinski definition) is 4. The summed E-state index contributed by atoms with van der Waals surface area (Å²) in [4.78, 5) is 32.8. The highest BCUT2D eigenvalue weighted by atomic mass is 19.1. The van der Waals surface area contributed by atoms with Crippen molar-refractivity contribution in [3.8, 4) is 0 Å². The lowest BCUT2D eigenvalue weighted by Crippen LogP contribution is -2.50. The maximum Gasteiger partial charge on any atom is 0.256 e. The van der Waals surface area contributed by atoms with E-state index in [9.17, 15) is 14.0 Å². The summed E-state index contributed by atoms with van der Waals surface area (Å²) in [6, 6.07) is 15.4. The normalized spacial score (nSPS) is 14.7. The zero-order valence-electron chi connectivity index (χ0n) is 15.8. The maximum atomic E-state index is 13.8. The molecule has 1 N–H and O–H groups in total. The summed E-state index contributed by atoms with van der Waals surface area (Å²) in [5.41, 5.74) is 1.69. The number of carbonyl (C=O) groups is 2. The molecule has 6 nitrogen and oxygen atoms in total. The van der Waals surface area contributed by atoms with E-state index in [0.717, 1.165) is 16.6 Å². The van der Waals surface area contributed by atoms with Crippen molar-refractivity contribution in [2.24, 2.45) is 0 Å². The average molecular weight is 392 g/mol. The Morgan fingerprint density at radius 2 is 1.79 bits per heavy atom. The van der Waals surface area contributed by atoms with Gasteiger partial charge < -0.3 is 10.2 Å². The van der Waals surface area contributed by atoms with Gasteiger partial charge in [-0.1, -0.05) is 18.2 Å². The van der Waals surface area contributed by atoms with E-state index >= 15 is 0 Å². The van der Waals surface area contributed by atoms with Crippen molar-refractivity contribution >= 4 is 28.4 Å². The Morgan fingerprint density at radius 1 is 1.00 bits per heavy atom. The molecule has 0 bridgehead atoms. The molecule has 1 aromatic heterocycles. The van der Waals surface area contributed by atoms with Crippen molar-refractivity contribution < 1.29 is 14.0 Å². The van der Waals surface area contributed by atoms with Crippen LogP contribution in [0.4, 0.5) is 10.1 Å². The molecule has 1 aliphatic heterocycles. The van der Waals surface area contributed by atoms with Crippen LogP contribution in [0.2, 0.25) is 0 Å². The molecule has 1 aliphatic rings. The van der Waals surface area contributed by atoms with Crippen molar-refractivity contribution in [1.82, 2.24) is 14.8 Å². The number of anilines is 1. The number of carbonyl (C=O) groups excluding carboxylic acids is 2. The van der Waals surface area contributed by atoms with Gasteiger partial charge in [-0.05, 0) is 36.4 Å². The van der Waals surface area contributed by atoms with Gasteiger partial charge in [0.15, 0.2) is 0 Å². The van der Waals surface area contributed by atoms with Crippen LogP contribution in [0.1, 0.15) is 10.4 Å². The first-order valence-corrected chi connectivity index (χ1v) is 9.51. The van der Waals surface area contributed by atoms with Crippen LogP contribution >= 0.6 is 0 Å². The molecular formula is C22H21FN4O2. The predicted molar refractivity (Wildman–Crippen MR) is 109 cm³/mol. The summed E-state index contributed by atoms with van der Waals surface area (Å²) >= 11 is 0. The number of fused-ring (bicyclic) bond motifs is 1. The van der Waals surface area contributed by atoms with Gasteiger partial charge in [-0.15, -0.1) is 0 Å². The van der Waals surface area contributed by atoms with E-state index in [1.807, 2.05) is 35.2 Å². The van der Waals surface area contributed by atoms with E-state index in [4.69, 9.17) is 0 Å². The monoisotopic (exact) mass is 392 g/mol. The SMILES string of the molecule is O=C(CN1CCN(C(=O)c2ccccc2F)CC1)Nc1ccc2ncccc2c1. The van der Waals surface area contributed by atoms with Gasteiger partial charge >= 0.3 is 0 Å². The second kappa shape index (κ2) is 8.36. The second-order valence-corrected chi connectivity index (χ2v) is 7.01. The smallest absolute Gasteiger partial charge is 0.256 e. The quantitative estimate of drug-likeness (QED) is 0.742. The second-order valence-electron chi connectivity index (χ2n) is 7.01. The lowest BCUT2D eigenvalue weighted by Gasteiger charge is -2.34. The highest BCUT2D eigenvalue weighted by Crippen LogP contribution is 2.17. The van der Waals surface area contributed by atoms with E-state index < -0.39 is 5.82 Å². The number of aromatic nitrogens is 1. The molecule has 4 rings (SSSR count). The van der Waals surface area contributed by atoms with Gasteiger partial charge in [0, 0.05) is 43.4 Å². The molecule has 2 aromatic carbocycles. The van der Waals surface area contributed by atoms with Gasteiger partial charge in [-0.2, -0.15) is 0 Å². The molecule has 3 aromatic rings. The zero-order chi connectivity index (χ0) is 20.2. The third-order valence-corrected chi connectivity index (χ3v) is 5.02. The fourth-order valence-corrected chi connectivity index (χ4v) is 3.47. The molecule has 29 heavy (non-hydrogen) atoms. The summed E-state index contributed by atoms with van der Waals surface area (Å²) < 4.78 is 13.8. The van der Waals surface area contributed by atoms with Crippen LogP contribution in [0.3, 0.4) is 0 Å². The molecule has 0 saturated carbocycles. The lowest BCUT2D eigenvalue weighted by molar-refractivity contribution is -0.117. The Balaban J connectivity index is 1.30. The maximum absolute atomic E-state index is 13.8. The number of nitrogens with one attached hydrogen (secondary N) is 1. The van der Waals surface area contributed by atoms with Crippen molar-refractivity contribution in [3.63, 3.8) is 0 Å². The van der Waals surface area contributed by atoms with Crippen LogP contribution in [0.5, 0.6) is 0 Å². The Morgan fingerprint density at radius 3 is 2.59 bits per heavy atom. The first kappa shape index (κ1) is 19.0. The van der Waals surface area contributed by atoms with Gasteiger partial charge in [-0.25, -0.2) is 4.39 Å². The average Bonchev–Trinajstić information content (AvgIpc) is 2.74. The number of hydrogen-bond donors (Lipinski definition) is 1. The minimum absolute atomic E-state index is 0.0875. The molecule has 0 spiro atoms. The first-order valence-electron chi connectivity index (χ1n) is 9.51. The van der Waals surface area contributed by atoms with Crippen LogP contribution in [0.15, 0.2) is 60.8 Å². The van der Waals surface area contributed by atoms with Crippen molar-refractivity contribution in [2.45, 2.75) is 0 Å². The standard InChI is InChI=1S/C22H21FN4O2/c23-19-6-2-1-5-18(19)22(29)27-12-10-26(11-13-27)15-21(28)25-17-7-8-20-16(14-17)4-3-9-24-20/h1-9,14H,10-13,15H2,(H,25,28). The van der Waals surface area contributed by atoms with Crippen LogP contribution in [-0.4, -0.2) is 59.3 Å². The lowest BCUT2D eigenvalue weighted by atomic mass is 10.1. The highest BCUT2D eigenvalue weighted by molar-refractivity contribution is 5.95. The summed E-state index contributed by atoms with van der Waals surface area (Å²) in [6.45, 7) is 2.29. The van der Waals surface area contributed by atoms with Gasteiger partial charge in [0.05, 0.1) is 17.6 Å². The molecule has 2 heterocycles. The van der Waals surface area contributed by atoms with Crippen LogP contribution in [-0.2, 0) is 4.79 Å². The predicted octanol–water partition coefficient (Wildman–Crippen LogP) is 2.77. The topological polar surface area (TPSA) is 65.5 Å². The van der Waals surface area contributed by atoms with E-state index in [0.29, 0.717) is 26.2 Å². The van der Waals surface area contributed by atoms with E-state index in [-0.39, 0.29) is 23.9 Å². The molecular weight excluding hydrogens is 371 g/mol. The zero-order valence-corrected chi connectivity index (χ0v) is 15.8. The van der Waals surface area contributed by atoms with Gasteiger partial charge in [-0.3, -0.25) is 19.5 Å². The number of pyridine rings is 1. The highest BCUT2D eigenvalue weighted by Gasteiger charge is 2.24. The molecule has 148 valence electrons. The van der Waals surface area contributed by atoms with E-state index in [2.05, 4.69) is 10.3 Å². The van der Waals surface area contributed by atoms with Gasteiger partial charge in [0.25, 0.3) is 5.91 Å². The molecule has 0 aliphatic carbocycles. The fourth-order valence-electron chi connectivity index (χ4n) is 3.47. The molecule has 0 radical (unpaired) electrons.